The Morgan fingerprint density at radius 1 is 0.933 bits per heavy atom. The summed E-state index contributed by atoms with van der Waals surface area (Å²) in [5.74, 6) is 2.52. The molecular weight excluding hydrogens is 408 g/mol. The van der Waals surface area contributed by atoms with Crippen molar-refractivity contribution in [3.05, 3.63) is 58.2 Å². The molecule has 30 heavy (non-hydrogen) atoms. The van der Waals surface area contributed by atoms with Gasteiger partial charge in [0.15, 0.2) is 11.6 Å². The fourth-order valence-electron chi connectivity index (χ4n) is 2.60. The molecule has 9 nitrogen and oxygen atoms in total. The first-order chi connectivity index (χ1) is 14.5. The summed E-state index contributed by atoms with van der Waals surface area (Å²) in [7, 11) is 0. The lowest BCUT2D eigenvalue weighted by molar-refractivity contribution is 0.403. The number of aryl methyl sites for hydroxylation is 3. The first kappa shape index (κ1) is 19.7. The lowest BCUT2D eigenvalue weighted by atomic mass is 10.2. The van der Waals surface area contributed by atoms with Gasteiger partial charge in [0.05, 0.1) is 5.69 Å². The molecule has 0 fully saturated rings. The molecule has 0 amide bonds. The van der Waals surface area contributed by atoms with E-state index in [0.717, 1.165) is 5.56 Å². The third-order valence-corrected chi connectivity index (χ3v) is 4.11. The van der Waals surface area contributed by atoms with Crippen molar-refractivity contribution in [2.24, 2.45) is 0 Å². The average Bonchev–Trinajstić information content (AvgIpc) is 3.34. The fourth-order valence-corrected chi connectivity index (χ4v) is 2.81. The van der Waals surface area contributed by atoms with Crippen molar-refractivity contribution in [3.63, 3.8) is 0 Å². The number of nitrogens with zero attached hydrogens (tertiary/aromatic N) is 6. The van der Waals surface area contributed by atoms with Crippen molar-refractivity contribution in [2.45, 2.75) is 27.2 Å². The minimum Gasteiger partial charge on any atom is -0.421 e. The van der Waals surface area contributed by atoms with E-state index < -0.39 is 0 Å². The van der Waals surface area contributed by atoms with Crippen LogP contribution in [0.4, 0.5) is 0 Å². The molecule has 0 saturated heterocycles. The van der Waals surface area contributed by atoms with E-state index in [4.69, 9.17) is 25.4 Å². The molecule has 4 aromatic rings. The summed E-state index contributed by atoms with van der Waals surface area (Å²) in [4.78, 5) is 17.1. The molecule has 4 aromatic heterocycles. The van der Waals surface area contributed by atoms with Gasteiger partial charge in [-0.15, -0.1) is 0 Å². The predicted octanol–water partition coefficient (Wildman–Crippen LogP) is 4.70. The van der Waals surface area contributed by atoms with Crippen LogP contribution in [0.25, 0.3) is 23.6 Å². The monoisotopic (exact) mass is 424 g/mol. The Kier molecular flexibility index (Phi) is 5.53. The van der Waals surface area contributed by atoms with Crippen LogP contribution in [0.15, 0.2) is 33.3 Å². The molecule has 0 aliphatic carbocycles. The van der Waals surface area contributed by atoms with E-state index in [0.29, 0.717) is 47.0 Å². The highest BCUT2D eigenvalue weighted by atomic mass is 35.5. The molecule has 0 aromatic carbocycles. The molecule has 10 heteroatoms. The number of pyridine rings is 2. The zero-order valence-corrected chi connectivity index (χ0v) is 17.2. The van der Waals surface area contributed by atoms with E-state index in [1.165, 1.54) is 0 Å². The average molecular weight is 425 g/mol. The summed E-state index contributed by atoms with van der Waals surface area (Å²) >= 11 is 6.13. The Bertz CT molecular complexity index is 1220. The van der Waals surface area contributed by atoms with Gasteiger partial charge in [-0.2, -0.15) is 9.97 Å². The van der Waals surface area contributed by atoms with Crippen LogP contribution in [0.3, 0.4) is 0 Å². The molecule has 152 valence electrons. The number of aromatic nitrogens is 6. The first-order valence-electron chi connectivity index (χ1n) is 9.14. The smallest absolute Gasteiger partial charge is 0.258 e. The zero-order chi connectivity index (χ0) is 21.1. The van der Waals surface area contributed by atoms with Gasteiger partial charge in [-0.05, 0) is 37.6 Å². The largest absolute Gasteiger partial charge is 0.421 e. The Hall–Kier alpha value is -3.59. The number of hydrogen-bond donors (Lipinski definition) is 0. The molecular formula is C20H17ClN6O3. The highest BCUT2D eigenvalue weighted by Crippen LogP contribution is 2.27. The summed E-state index contributed by atoms with van der Waals surface area (Å²) in [6.07, 6.45) is 4.17. The van der Waals surface area contributed by atoms with Crippen LogP contribution in [0.5, 0.6) is 11.8 Å². The van der Waals surface area contributed by atoms with Gasteiger partial charge < -0.3 is 13.8 Å². The van der Waals surface area contributed by atoms with Crippen LogP contribution in [0, 0.1) is 13.8 Å². The molecule has 4 rings (SSSR count). The van der Waals surface area contributed by atoms with Gasteiger partial charge in [-0.25, -0.2) is 9.97 Å². The minimum absolute atomic E-state index is 0.231. The number of ether oxygens (including phenoxy) is 1. The maximum absolute atomic E-state index is 6.13. The molecule has 0 aliphatic heterocycles. The summed E-state index contributed by atoms with van der Waals surface area (Å²) < 4.78 is 16.2. The summed E-state index contributed by atoms with van der Waals surface area (Å²) in [5, 5.41) is 7.88. The second-order valence-electron chi connectivity index (χ2n) is 6.41. The minimum atomic E-state index is 0.231. The van der Waals surface area contributed by atoms with Gasteiger partial charge in [0.1, 0.15) is 5.15 Å². The third kappa shape index (κ3) is 4.69. The highest BCUT2D eigenvalue weighted by Gasteiger charge is 2.12. The van der Waals surface area contributed by atoms with E-state index >= 15 is 0 Å². The summed E-state index contributed by atoms with van der Waals surface area (Å²) in [6, 6.07) is 6.97. The quantitative estimate of drug-likeness (QED) is 0.406. The molecule has 0 N–H and O–H groups in total. The molecule has 0 bridgehead atoms. The maximum Gasteiger partial charge on any atom is 0.258 e. The Morgan fingerprint density at radius 2 is 1.77 bits per heavy atom. The van der Waals surface area contributed by atoms with Crippen molar-refractivity contribution in [1.29, 1.82) is 0 Å². The lowest BCUT2D eigenvalue weighted by Gasteiger charge is -2.07. The van der Waals surface area contributed by atoms with Gasteiger partial charge in [0.25, 0.3) is 11.8 Å². The molecule has 4 heterocycles. The molecule has 0 saturated carbocycles. The van der Waals surface area contributed by atoms with Gasteiger partial charge in [-0.3, -0.25) is 0 Å². The Balaban J connectivity index is 1.58. The van der Waals surface area contributed by atoms with Crippen molar-refractivity contribution >= 4 is 23.8 Å². The van der Waals surface area contributed by atoms with E-state index in [-0.39, 0.29) is 11.0 Å². The van der Waals surface area contributed by atoms with Crippen molar-refractivity contribution < 1.29 is 13.8 Å². The van der Waals surface area contributed by atoms with Crippen molar-refractivity contribution in [3.8, 4) is 23.2 Å². The SMILES string of the molecule is CCc1noc(/C=C/c2cc(C)cc(Oc3cc(-c4nc(C)no4)cc(Cl)n3)n2)n1. The summed E-state index contributed by atoms with van der Waals surface area (Å²) in [6.45, 7) is 5.63. The normalized spacial score (nSPS) is 11.3. The van der Waals surface area contributed by atoms with Gasteiger partial charge in [-0.1, -0.05) is 28.8 Å². The van der Waals surface area contributed by atoms with E-state index in [9.17, 15) is 0 Å². The Labute approximate surface area is 176 Å². The van der Waals surface area contributed by atoms with Gasteiger partial charge in [0.2, 0.25) is 11.8 Å². The van der Waals surface area contributed by atoms with Crippen LogP contribution in [0.1, 0.15) is 35.7 Å². The first-order valence-corrected chi connectivity index (χ1v) is 9.52. The van der Waals surface area contributed by atoms with Gasteiger partial charge in [0, 0.05) is 30.2 Å². The molecule has 0 atom stereocenters. The number of halogens is 1. The summed E-state index contributed by atoms with van der Waals surface area (Å²) in [5.41, 5.74) is 2.21. The van der Waals surface area contributed by atoms with Gasteiger partial charge >= 0.3 is 0 Å². The standard InChI is InChI=1S/C20H17ClN6O3/c1-4-16-25-17(29-27-16)6-5-14-7-11(2)8-18(23-14)28-19-10-13(9-15(21)24-19)20-22-12(3)26-30-20/h5-10H,4H2,1-3H3/b6-5+. The van der Waals surface area contributed by atoms with Crippen LogP contribution in [0.2, 0.25) is 5.15 Å². The van der Waals surface area contributed by atoms with Crippen molar-refractivity contribution in [1.82, 2.24) is 30.2 Å². The third-order valence-electron chi connectivity index (χ3n) is 3.92. The van der Waals surface area contributed by atoms with Crippen LogP contribution in [-0.2, 0) is 6.42 Å². The predicted molar refractivity (Wildman–Crippen MR) is 109 cm³/mol. The van der Waals surface area contributed by atoms with E-state index in [1.54, 1.807) is 37.3 Å². The highest BCUT2D eigenvalue weighted by molar-refractivity contribution is 6.29. The van der Waals surface area contributed by atoms with Crippen LogP contribution >= 0.6 is 11.6 Å². The molecule has 0 radical (unpaired) electrons. The van der Waals surface area contributed by atoms with E-state index in [1.807, 2.05) is 19.9 Å². The maximum atomic E-state index is 6.13. The van der Waals surface area contributed by atoms with E-state index in [2.05, 4.69) is 30.2 Å². The second-order valence-corrected chi connectivity index (χ2v) is 6.80. The van der Waals surface area contributed by atoms with Crippen molar-refractivity contribution in [2.75, 3.05) is 0 Å². The second kappa shape index (κ2) is 8.42. The molecule has 0 spiro atoms. The number of hydrogen-bond acceptors (Lipinski definition) is 9. The van der Waals surface area contributed by atoms with Crippen LogP contribution in [-0.4, -0.2) is 30.2 Å². The molecule has 0 unspecified atom stereocenters. The fraction of sp³-hybridized carbons (Fsp3) is 0.200. The Morgan fingerprint density at radius 3 is 2.50 bits per heavy atom. The number of rotatable bonds is 6. The van der Waals surface area contributed by atoms with Crippen LogP contribution < -0.4 is 4.74 Å². The lowest BCUT2D eigenvalue weighted by Crippen LogP contribution is -1.94. The molecule has 0 aliphatic rings. The topological polar surface area (TPSA) is 113 Å². The zero-order valence-electron chi connectivity index (χ0n) is 16.5.